The average Bonchev–Trinajstić information content (AvgIpc) is 2.44. The van der Waals surface area contributed by atoms with E-state index in [9.17, 15) is 0 Å². The molecule has 112 valence electrons. The van der Waals surface area contributed by atoms with Gasteiger partial charge in [0.2, 0.25) is 0 Å². The van der Waals surface area contributed by atoms with Crippen molar-refractivity contribution < 1.29 is 0 Å². The van der Waals surface area contributed by atoms with Gasteiger partial charge in [0.15, 0.2) is 0 Å². The second kappa shape index (κ2) is 7.10. The van der Waals surface area contributed by atoms with Crippen molar-refractivity contribution in [3.63, 3.8) is 0 Å². The Morgan fingerprint density at radius 1 is 1.19 bits per heavy atom. The summed E-state index contributed by atoms with van der Waals surface area (Å²) in [5.41, 5.74) is 2.82. The number of nitrogens with one attached hydrogen (secondary N) is 1. The number of hydrogen-bond acceptors (Lipinski definition) is 3. The lowest BCUT2D eigenvalue weighted by Gasteiger charge is -2.17. The van der Waals surface area contributed by atoms with Crippen molar-refractivity contribution in [2.45, 2.75) is 33.1 Å². The molecule has 1 heterocycles. The van der Waals surface area contributed by atoms with Gasteiger partial charge in [0.05, 0.1) is 10.7 Å². The first kappa shape index (κ1) is 16.1. The monoisotopic (exact) mass is 323 g/mol. The van der Waals surface area contributed by atoms with Gasteiger partial charge in [0, 0.05) is 22.7 Å². The van der Waals surface area contributed by atoms with E-state index in [1.54, 1.807) is 12.4 Å². The van der Waals surface area contributed by atoms with Crippen molar-refractivity contribution >= 4 is 29.0 Å². The summed E-state index contributed by atoms with van der Waals surface area (Å²) >= 11 is 12.3. The molecule has 0 aliphatic carbocycles. The molecule has 0 saturated carbocycles. The van der Waals surface area contributed by atoms with E-state index >= 15 is 0 Å². The number of nitrogens with zero attached hydrogens (tertiary/aromatic N) is 2. The third-order valence-corrected chi connectivity index (χ3v) is 3.74. The topological polar surface area (TPSA) is 37.8 Å². The fourth-order valence-corrected chi connectivity index (χ4v) is 2.72. The molecule has 2 aromatic rings. The Bertz CT molecular complexity index is 627. The number of benzene rings is 1. The van der Waals surface area contributed by atoms with Crippen molar-refractivity contribution in [2.24, 2.45) is 0 Å². The van der Waals surface area contributed by atoms with Crippen LogP contribution in [0.25, 0.3) is 11.3 Å². The zero-order chi connectivity index (χ0) is 15.4. The minimum absolute atomic E-state index is 0.285. The van der Waals surface area contributed by atoms with Crippen LogP contribution in [0, 0.1) is 0 Å². The van der Waals surface area contributed by atoms with Crippen LogP contribution in [-0.4, -0.2) is 16.5 Å². The highest BCUT2D eigenvalue weighted by atomic mass is 35.5. The summed E-state index contributed by atoms with van der Waals surface area (Å²) in [4.78, 5) is 8.83. The molecule has 5 heteroatoms. The van der Waals surface area contributed by atoms with Crippen molar-refractivity contribution in [3.05, 3.63) is 40.1 Å². The zero-order valence-corrected chi connectivity index (χ0v) is 14.0. The summed E-state index contributed by atoms with van der Waals surface area (Å²) in [5.74, 6) is 1.16. The van der Waals surface area contributed by atoms with Gasteiger partial charge in [-0.15, -0.1) is 0 Å². The molecule has 0 bridgehead atoms. The molecule has 21 heavy (non-hydrogen) atoms. The third-order valence-electron chi connectivity index (χ3n) is 3.19. The molecule has 0 radical (unpaired) electrons. The highest BCUT2D eigenvalue weighted by Crippen LogP contribution is 2.36. The minimum atomic E-state index is 0.285. The van der Waals surface area contributed by atoms with Crippen LogP contribution in [-0.2, 0) is 0 Å². The first-order valence-electron chi connectivity index (χ1n) is 7.08. The predicted octanol–water partition coefficient (Wildman–Crippen LogP) is 5.40. The molecule has 1 aromatic carbocycles. The van der Waals surface area contributed by atoms with Crippen LogP contribution in [0.3, 0.4) is 0 Å². The largest absolute Gasteiger partial charge is 0.370 e. The van der Waals surface area contributed by atoms with E-state index in [-0.39, 0.29) is 5.92 Å². The first-order valence-corrected chi connectivity index (χ1v) is 7.84. The van der Waals surface area contributed by atoms with Crippen molar-refractivity contribution in [2.75, 3.05) is 11.9 Å². The maximum Gasteiger partial charge on any atom is 0.133 e. The molecule has 0 spiro atoms. The Labute approximate surface area is 135 Å². The van der Waals surface area contributed by atoms with Gasteiger partial charge in [-0.2, -0.15) is 0 Å². The van der Waals surface area contributed by atoms with Gasteiger partial charge < -0.3 is 5.32 Å². The van der Waals surface area contributed by atoms with Crippen molar-refractivity contribution in [1.82, 2.24) is 9.97 Å². The van der Waals surface area contributed by atoms with Gasteiger partial charge >= 0.3 is 0 Å². The van der Waals surface area contributed by atoms with Gasteiger partial charge in [0.1, 0.15) is 12.1 Å². The number of hydrogen-bond donors (Lipinski definition) is 1. The van der Waals surface area contributed by atoms with Crippen LogP contribution < -0.4 is 5.32 Å². The Morgan fingerprint density at radius 2 is 1.95 bits per heavy atom. The molecule has 0 saturated heterocycles. The zero-order valence-electron chi connectivity index (χ0n) is 12.5. The molecule has 1 aromatic heterocycles. The van der Waals surface area contributed by atoms with E-state index < -0.39 is 0 Å². The van der Waals surface area contributed by atoms with Crippen LogP contribution in [0.5, 0.6) is 0 Å². The van der Waals surface area contributed by atoms with Gasteiger partial charge in [-0.25, -0.2) is 9.97 Å². The van der Waals surface area contributed by atoms with Gasteiger partial charge in [-0.05, 0) is 30.5 Å². The standard InChI is InChI=1S/C16H19Cl2N3/c1-4-7-19-16-14(10(2)3)15(20-9-21-16)12-6-5-11(17)8-13(12)18/h5-6,8-10H,4,7H2,1-3H3,(H,19,20,21). The van der Waals surface area contributed by atoms with Gasteiger partial charge in [-0.1, -0.05) is 44.0 Å². The highest BCUT2D eigenvalue weighted by Gasteiger charge is 2.18. The van der Waals surface area contributed by atoms with E-state index in [0.29, 0.717) is 10.0 Å². The number of halogens is 2. The van der Waals surface area contributed by atoms with Gasteiger partial charge in [0.25, 0.3) is 0 Å². The van der Waals surface area contributed by atoms with E-state index in [4.69, 9.17) is 23.2 Å². The summed E-state index contributed by atoms with van der Waals surface area (Å²) in [6.45, 7) is 7.26. The molecule has 0 atom stereocenters. The molecule has 0 amide bonds. The van der Waals surface area contributed by atoms with Crippen molar-refractivity contribution in [1.29, 1.82) is 0 Å². The second-order valence-corrected chi connectivity index (χ2v) is 6.03. The molecule has 0 aliphatic heterocycles. The lowest BCUT2D eigenvalue weighted by Crippen LogP contribution is -2.09. The molecule has 1 N–H and O–H groups in total. The summed E-state index contributed by atoms with van der Waals surface area (Å²) in [7, 11) is 0. The SMILES string of the molecule is CCCNc1ncnc(-c2ccc(Cl)cc2Cl)c1C(C)C. The van der Waals surface area contributed by atoms with Crippen LogP contribution in [0.2, 0.25) is 10.0 Å². The fraction of sp³-hybridized carbons (Fsp3) is 0.375. The summed E-state index contributed by atoms with van der Waals surface area (Å²) in [6, 6.07) is 5.47. The number of rotatable bonds is 5. The molecule has 0 fully saturated rings. The Kier molecular flexibility index (Phi) is 5.43. The van der Waals surface area contributed by atoms with Crippen molar-refractivity contribution in [3.8, 4) is 11.3 Å². The summed E-state index contributed by atoms with van der Waals surface area (Å²) < 4.78 is 0. The summed E-state index contributed by atoms with van der Waals surface area (Å²) in [6.07, 6.45) is 2.61. The van der Waals surface area contributed by atoms with Gasteiger partial charge in [-0.3, -0.25) is 0 Å². The fourth-order valence-electron chi connectivity index (χ4n) is 2.22. The Balaban J connectivity index is 2.57. The molecular weight excluding hydrogens is 305 g/mol. The third kappa shape index (κ3) is 3.66. The van der Waals surface area contributed by atoms with E-state index in [2.05, 4.69) is 36.1 Å². The maximum absolute atomic E-state index is 6.33. The number of aromatic nitrogens is 2. The molecule has 2 rings (SSSR count). The highest BCUT2D eigenvalue weighted by molar-refractivity contribution is 6.36. The first-order chi connectivity index (χ1) is 10.0. The normalized spacial score (nSPS) is 11.0. The van der Waals surface area contributed by atoms with Crippen LogP contribution in [0.15, 0.2) is 24.5 Å². The van der Waals surface area contributed by atoms with E-state index in [0.717, 1.165) is 35.6 Å². The van der Waals surface area contributed by atoms with E-state index in [1.165, 1.54) is 0 Å². The minimum Gasteiger partial charge on any atom is -0.370 e. The quantitative estimate of drug-likeness (QED) is 0.800. The smallest absolute Gasteiger partial charge is 0.133 e. The van der Waals surface area contributed by atoms with Crippen LogP contribution >= 0.6 is 23.2 Å². The average molecular weight is 324 g/mol. The van der Waals surface area contributed by atoms with E-state index in [1.807, 2.05) is 12.1 Å². The Hall–Kier alpha value is -1.32. The van der Waals surface area contributed by atoms with Crippen LogP contribution in [0.4, 0.5) is 5.82 Å². The number of anilines is 1. The second-order valence-electron chi connectivity index (χ2n) is 5.19. The lowest BCUT2D eigenvalue weighted by molar-refractivity contribution is 0.844. The Morgan fingerprint density at radius 3 is 2.57 bits per heavy atom. The predicted molar refractivity (Wildman–Crippen MR) is 90.4 cm³/mol. The molecule has 3 nitrogen and oxygen atoms in total. The maximum atomic E-state index is 6.33. The lowest BCUT2D eigenvalue weighted by atomic mass is 9.97. The summed E-state index contributed by atoms with van der Waals surface area (Å²) in [5, 5.41) is 4.59. The molecule has 0 unspecified atom stereocenters. The molecular formula is C16H19Cl2N3. The molecule has 0 aliphatic rings. The van der Waals surface area contributed by atoms with Crippen LogP contribution in [0.1, 0.15) is 38.7 Å².